The van der Waals surface area contributed by atoms with Crippen LogP contribution in [0.4, 0.5) is 8.78 Å². The van der Waals surface area contributed by atoms with Gasteiger partial charge in [-0.3, -0.25) is 4.79 Å². The number of rotatable bonds is 4. The zero-order chi connectivity index (χ0) is 14.0. The van der Waals surface area contributed by atoms with Crippen molar-refractivity contribution in [1.29, 1.82) is 0 Å². The zero-order valence-corrected chi connectivity index (χ0v) is 10.8. The lowest BCUT2D eigenvalue weighted by molar-refractivity contribution is -0.150. The summed E-state index contributed by atoms with van der Waals surface area (Å²) in [5, 5.41) is 9.35. The Kier molecular flexibility index (Phi) is 3.85. The van der Waals surface area contributed by atoms with Crippen LogP contribution < -0.4 is 0 Å². The van der Waals surface area contributed by atoms with Crippen molar-refractivity contribution in [2.24, 2.45) is 5.41 Å². The third-order valence-electron chi connectivity index (χ3n) is 3.82. The molecule has 1 aromatic carbocycles. The lowest BCUT2D eigenvalue weighted by atomic mass is 9.68. The van der Waals surface area contributed by atoms with Crippen molar-refractivity contribution in [3.05, 3.63) is 35.4 Å². The highest BCUT2D eigenvalue weighted by Crippen LogP contribution is 2.42. The fourth-order valence-electron chi connectivity index (χ4n) is 2.43. The highest BCUT2D eigenvalue weighted by atomic mass is 19.2. The van der Waals surface area contributed by atoms with E-state index in [2.05, 4.69) is 0 Å². The van der Waals surface area contributed by atoms with Gasteiger partial charge in [-0.25, -0.2) is 8.78 Å². The van der Waals surface area contributed by atoms with E-state index in [1.165, 1.54) is 11.0 Å². The first-order valence-corrected chi connectivity index (χ1v) is 6.29. The van der Waals surface area contributed by atoms with Gasteiger partial charge in [0.2, 0.25) is 5.91 Å². The van der Waals surface area contributed by atoms with Crippen molar-refractivity contribution in [1.82, 2.24) is 4.90 Å². The summed E-state index contributed by atoms with van der Waals surface area (Å²) in [6.07, 6.45) is 2.31. The lowest BCUT2D eigenvalue weighted by Gasteiger charge is -2.41. The van der Waals surface area contributed by atoms with Crippen molar-refractivity contribution in [3.63, 3.8) is 0 Å². The highest BCUT2D eigenvalue weighted by Gasteiger charge is 2.44. The predicted octanol–water partition coefficient (Wildman–Crippen LogP) is 2.09. The number of benzene rings is 1. The summed E-state index contributed by atoms with van der Waals surface area (Å²) in [6.45, 7) is 0.0474. The first kappa shape index (κ1) is 13.9. The first-order valence-electron chi connectivity index (χ1n) is 6.29. The van der Waals surface area contributed by atoms with E-state index in [0.29, 0.717) is 18.4 Å². The quantitative estimate of drug-likeness (QED) is 0.909. The van der Waals surface area contributed by atoms with E-state index in [1.807, 2.05) is 0 Å². The monoisotopic (exact) mass is 269 g/mol. The fourth-order valence-corrected chi connectivity index (χ4v) is 2.43. The topological polar surface area (TPSA) is 40.5 Å². The van der Waals surface area contributed by atoms with E-state index in [9.17, 15) is 18.7 Å². The van der Waals surface area contributed by atoms with E-state index in [-0.39, 0.29) is 19.1 Å². The van der Waals surface area contributed by atoms with E-state index in [4.69, 9.17) is 0 Å². The van der Waals surface area contributed by atoms with Gasteiger partial charge in [-0.2, -0.15) is 0 Å². The third-order valence-corrected chi connectivity index (χ3v) is 3.82. The minimum Gasteiger partial charge on any atom is -0.395 e. The number of nitrogens with zero attached hydrogens (tertiary/aromatic N) is 1. The van der Waals surface area contributed by atoms with Crippen LogP contribution in [0, 0.1) is 17.0 Å². The van der Waals surface area contributed by atoms with Gasteiger partial charge >= 0.3 is 0 Å². The number of carbonyl (C=O) groups excluding carboxylic acids is 1. The Hall–Kier alpha value is -1.49. The van der Waals surface area contributed by atoms with Gasteiger partial charge in [0.15, 0.2) is 11.6 Å². The van der Waals surface area contributed by atoms with Crippen LogP contribution in [0.5, 0.6) is 0 Å². The smallest absolute Gasteiger partial charge is 0.231 e. The number of hydrogen-bond donors (Lipinski definition) is 1. The molecule has 1 aromatic rings. The van der Waals surface area contributed by atoms with Gasteiger partial charge in [0.25, 0.3) is 0 Å². The van der Waals surface area contributed by atoms with Crippen molar-refractivity contribution < 1.29 is 18.7 Å². The summed E-state index contributed by atoms with van der Waals surface area (Å²) < 4.78 is 25.9. The lowest BCUT2D eigenvalue weighted by Crippen LogP contribution is -2.48. The van der Waals surface area contributed by atoms with Crippen molar-refractivity contribution in [2.75, 3.05) is 13.7 Å². The largest absolute Gasteiger partial charge is 0.395 e. The average molecular weight is 269 g/mol. The van der Waals surface area contributed by atoms with Gasteiger partial charge in [0, 0.05) is 13.6 Å². The summed E-state index contributed by atoms with van der Waals surface area (Å²) >= 11 is 0. The molecule has 0 unspecified atom stereocenters. The summed E-state index contributed by atoms with van der Waals surface area (Å²) in [4.78, 5) is 13.7. The molecule has 0 aliphatic heterocycles. The summed E-state index contributed by atoms with van der Waals surface area (Å²) in [6, 6.07) is 3.59. The van der Waals surface area contributed by atoms with Crippen LogP contribution in [0.1, 0.15) is 24.8 Å². The van der Waals surface area contributed by atoms with Crippen LogP contribution in [0.25, 0.3) is 0 Å². The van der Waals surface area contributed by atoms with Gasteiger partial charge in [0.1, 0.15) is 0 Å². The molecule has 104 valence electrons. The first-order chi connectivity index (χ1) is 8.98. The van der Waals surface area contributed by atoms with Crippen LogP contribution >= 0.6 is 0 Å². The van der Waals surface area contributed by atoms with Gasteiger partial charge in [-0.1, -0.05) is 12.5 Å². The molecule has 0 saturated heterocycles. The summed E-state index contributed by atoms with van der Waals surface area (Å²) in [5.41, 5.74) is -0.130. The standard InChI is InChI=1S/C14H17F2NO2/c1-17(13(19)14(9-18)5-2-6-14)8-10-3-4-11(15)12(16)7-10/h3-4,7,18H,2,5-6,8-9H2,1H3. The van der Waals surface area contributed by atoms with Gasteiger partial charge < -0.3 is 10.0 Å². The van der Waals surface area contributed by atoms with E-state index < -0.39 is 17.0 Å². The molecule has 0 aromatic heterocycles. The maximum atomic E-state index is 13.1. The molecule has 1 saturated carbocycles. The highest BCUT2D eigenvalue weighted by molar-refractivity contribution is 5.83. The molecule has 2 rings (SSSR count). The van der Waals surface area contributed by atoms with Crippen LogP contribution in [-0.4, -0.2) is 29.6 Å². The normalized spacial score (nSPS) is 16.8. The molecule has 1 aliphatic rings. The number of amides is 1. The SMILES string of the molecule is CN(Cc1ccc(F)c(F)c1)C(=O)C1(CO)CCC1. The molecule has 0 radical (unpaired) electrons. The third kappa shape index (κ3) is 2.61. The Morgan fingerprint density at radius 2 is 2.05 bits per heavy atom. The van der Waals surface area contributed by atoms with Crippen LogP contribution in [0.15, 0.2) is 18.2 Å². The summed E-state index contributed by atoms with van der Waals surface area (Å²) in [7, 11) is 1.61. The second-order valence-corrected chi connectivity index (χ2v) is 5.20. The molecule has 0 spiro atoms. The Labute approximate surface area is 110 Å². The molecule has 3 nitrogen and oxygen atoms in total. The molecular weight excluding hydrogens is 252 g/mol. The molecule has 0 bridgehead atoms. The van der Waals surface area contributed by atoms with Crippen molar-refractivity contribution >= 4 is 5.91 Å². The van der Waals surface area contributed by atoms with Crippen LogP contribution in [0.3, 0.4) is 0 Å². The number of hydrogen-bond acceptors (Lipinski definition) is 2. The average Bonchev–Trinajstić information content (AvgIpc) is 2.33. The second kappa shape index (κ2) is 5.25. The van der Waals surface area contributed by atoms with E-state index in [1.54, 1.807) is 7.05 Å². The molecule has 0 atom stereocenters. The molecule has 19 heavy (non-hydrogen) atoms. The number of halogens is 2. The molecule has 5 heteroatoms. The minimum absolute atomic E-state index is 0.133. The number of aliphatic hydroxyl groups excluding tert-OH is 1. The van der Waals surface area contributed by atoms with Crippen molar-refractivity contribution in [2.45, 2.75) is 25.8 Å². The molecule has 0 heterocycles. The maximum Gasteiger partial charge on any atom is 0.231 e. The van der Waals surface area contributed by atoms with Crippen molar-refractivity contribution in [3.8, 4) is 0 Å². The molecule has 1 aliphatic carbocycles. The van der Waals surface area contributed by atoms with Crippen LogP contribution in [-0.2, 0) is 11.3 Å². The van der Waals surface area contributed by atoms with E-state index in [0.717, 1.165) is 18.6 Å². The Bertz CT molecular complexity index is 481. The summed E-state index contributed by atoms with van der Waals surface area (Å²) in [5.74, 6) is -1.95. The van der Waals surface area contributed by atoms with E-state index >= 15 is 0 Å². The molecule has 1 N–H and O–H groups in total. The molecule has 1 amide bonds. The minimum atomic E-state index is -0.918. The zero-order valence-electron chi connectivity index (χ0n) is 10.8. The second-order valence-electron chi connectivity index (χ2n) is 5.20. The van der Waals surface area contributed by atoms with Crippen LogP contribution in [0.2, 0.25) is 0 Å². The predicted molar refractivity (Wildman–Crippen MR) is 66.2 cm³/mol. The number of carbonyl (C=O) groups is 1. The Morgan fingerprint density at radius 3 is 2.53 bits per heavy atom. The van der Waals surface area contributed by atoms with Gasteiger partial charge in [0.05, 0.1) is 12.0 Å². The fraction of sp³-hybridized carbons (Fsp3) is 0.500. The number of aliphatic hydroxyl groups is 1. The Morgan fingerprint density at radius 1 is 1.37 bits per heavy atom. The van der Waals surface area contributed by atoms with Gasteiger partial charge in [-0.05, 0) is 30.5 Å². The molecular formula is C14H17F2NO2. The van der Waals surface area contributed by atoms with Gasteiger partial charge in [-0.15, -0.1) is 0 Å². The maximum absolute atomic E-state index is 13.1. The Balaban J connectivity index is 2.06. The molecule has 1 fully saturated rings.